The monoisotopic (exact) mass is 276 g/mol. The van der Waals surface area contributed by atoms with Gasteiger partial charge in [-0.2, -0.15) is 0 Å². The van der Waals surface area contributed by atoms with E-state index < -0.39 is 0 Å². The summed E-state index contributed by atoms with van der Waals surface area (Å²) in [5.41, 5.74) is 1.94. The quantitative estimate of drug-likeness (QED) is 0.852. The summed E-state index contributed by atoms with van der Waals surface area (Å²) in [6, 6.07) is 10.2. The molecule has 0 aliphatic carbocycles. The third-order valence-corrected chi connectivity index (χ3v) is 4.27. The minimum atomic E-state index is -0.224. The van der Waals surface area contributed by atoms with Gasteiger partial charge in [0.15, 0.2) is 0 Å². The van der Waals surface area contributed by atoms with Crippen LogP contribution in [0.5, 0.6) is 0 Å². The molecule has 2 rings (SSSR count). The second-order valence-corrected chi connectivity index (χ2v) is 5.86. The molecule has 0 saturated heterocycles. The average molecular weight is 276 g/mol. The van der Waals surface area contributed by atoms with Gasteiger partial charge in [-0.25, -0.2) is 4.98 Å². The van der Waals surface area contributed by atoms with E-state index in [0.717, 1.165) is 22.7 Å². The Balaban J connectivity index is 2.02. The van der Waals surface area contributed by atoms with Crippen LogP contribution in [0.2, 0.25) is 0 Å². The number of rotatable bonds is 6. The third-order valence-electron chi connectivity index (χ3n) is 3.42. The molecule has 1 unspecified atom stereocenters. The lowest BCUT2D eigenvalue weighted by Gasteiger charge is -2.26. The predicted molar refractivity (Wildman–Crippen MR) is 80.2 cm³/mol. The Morgan fingerprint density at radius 2 is 2.05 bits per heavy atom. The molecule has 102 valence electrons. The van der Waals surface area contributed by atoms with E-state index in [9.17, 15) is 5.11 Å². The zero-order valence-corrected chi connectivity index (χ0v) is 12.2. The van der Waals surface area contributed by atoms with Crippen molar-refractivity contribution in [2.75, 3.05) is 6.61 Å². The molecule has 19 heavy (non-hydrogen) atoms. The van der Waals surface area contributed by atoms with Crippen LogP contribution in [0.25, 0.3) is 11.3 Å². The summed E-state index contributed by atoms with van der Waals surface area (Å²) in [4.78, 5) is 4.63. The molecular weight excluding hydrogens is 256 g/mol. The van der Waals surface area contributed by atoms with Gasteiger partial charge in [-0.05, 0) is 13.3 Å². The maximum absolute atomic E-state index is 9.37. The highest BCUT2D eigenvalue weighted by Crippen LogP contribution is 2.22. The first-order valence-electron chi connectivity index (χ1n) is 6.52. The van der Waals surface area contributed by atoms with E-state index in [0.29, 0.717) is 6.54 Å². The van der Waals surface area contributed by atoms with Crippen molar-refractivity contribution >= 4 is 11.3 Å². The van der Waals surface area contributed by atoms with Crippen molar-refractivity contribution in [2.24, 2.45) is 0 Å². The van der Waals surface area contributed by atoms with E-state index in [2.05, 4.69) is 34.7 Å². The van der Waals surface area contributed by atoms with Crippen LogP contribution in [0.3, 0.4) is 0 Å². The zero-order chi connectivity index (χ0) is 13.7. The number of aromatic nitrogens is 1. The molecule has 0 aliphatic heterocycles. The molecular formula is C15H20N2OS. The van der Waals surface area contributed by atoms with E-state index >= 15 is 0 Å². The fraction of sp³-hybridized carbons (Fsp3) is 0.400. The second kappa shape index (κ2) is 6.28. The van der Waals surface area contributed by atoms with Gasteiger partial charge in [-0.1, -0.05) is 37.3 Å². The largest absolute Gasteiger partial charge is 0.394 e. The molecule has 2 N–H and O–H groups in total. The van der Waals surface area contributed by atoms with Crippen LogP contribution in [0.15, 0.2) is 35.7 Å². The molecule has 0 radical (unpaired) electrons. The first-order valence-corrected chi connectivity index (χ1v) is 7.40. The maximum atomic E-state index is 9.37. The highest BCUT2D eigenvalue weighted by Gasteiger charge is 2.20. The van der Waals surface area contributed by atoms with Gasteiger partial charge >= 0.3 is 0 Å². The highest BCUT2D eigenvalue weighted by molar-refractivity contribution is 7.09. The molecule has 0 amide bonds. The van der Waals surface area contributed by atoms with Gasteiger partial charge in [0.25, 0.3) is 0 Å². The van der Waals surface area contributed by atoms with Crippen LogP contribution in [0, 0.1) is 0 Å². The molecule has 1 aromatic heterocycles. The Morgan fingerprint density at radius 1 is 1.32 bits per heavy atom. The van der Waals surface area contributed by atoms with Gasteiger partial charge < -0.3 is 10.4 Å². The summed E-state index contributed by atoms with van der Waals surface area (Å²) < 4.78 is 0. The molecule has 0 aliphatic rings. The lowest BCUT2D eigenvalue weighted by molar-refractivity contribution is 0.169. The lowest BCUT2D eigenvalue weighted by atomic mass is 10.0. The highest BCUT2D eigenvalue weighted by atomic mass is 32.1. The number of benzene rings is 1. The van der Waals surface area contributed by atoms with Crippen LogP contribution in [-0.4, -0.2) is 22.2 Å². The normalized spacial score (nSPS) is 14.3. The van der Waals surface area contributed by atoms with Gasteiger partial charge in [0.2, 0.25) is 0 Å². The topological polar surface area (TPSA) is 45.1 Å². The first-order chi connectivity index (χ1) is 9.17. The third kappa shape index (κ3) is 3.62. The van der Waals surface area contributed by atoms with Crippen molar-refractivity contribution in [3.63, 3.8) is 0 Å². The summed E-state index contributed by atoms with van der Waals surface area (Å²) in [6.45, 7) is 4.93. The Bertz CT molecular complexity index is 506. The molecule has 1 aromatic carbocycles. The van der Waals surface area contributed by atoms with Crippen LogP contribution < -0.4 is 5.32 Å². The number of hydrogen-bond donors (Lipinski definition) is 2. The average Bonchev–Trinajstić information content (AvgIpc) is 2.95. The predicted octanol–water partition coefficient (Wildman–Crippen LogP) is 3.06. The van der Waals surface area contributed by atoms with Crippen molar-refractivity contribution in [3.05, 3.63) is 40.7 Å². The van der Waals surface area contributed by atoms with Crippen LogP contribution in [-0.2, 0) is 6.54 Å². The van der Waals surface area contributed by atoms with Gasteiger partial charge in [-0.3, -0.25) is 0 Å². The van der Waals surface area contributed by atoms with Crippen LogP contribution in [0.1, 0.15) is 25.3 Å². The number of thiazole rings is 1. The van der Waals surface area contributed by atoms with E-state index in [1.54, 1.807) is 11.3 Å². The molecule has 1 heterocycles. The van der Waals surface area contributed by atoms with Gasteiger partial charge in [-0.15, -0.1) is 11.3 Å². The standard InChI is InChI=1S/C15H20N2OS/c1-3-15(2,11-18)16-9-14-17-13(10-19-14)12-7-5-4-6-8-12/h4-8,10,16,18H,3,9,11H2,1-2H3. The fourth-order valence-electron chi connectivity index (χ4n) is 1.72. The number of nitrogens with one attached hydrogen (secondary N) is 1. The summed E-state index contributed by atoms with van der Waals surface area (Å²) in [5, 5.41) is 15.9. The molecule has 0 saturated carbocycles. The summed E-state index contributed by atoms with van der Waals surface area (Å²) in [7, 11) is 0. The number of aliphatic hydroxyl groups excluding tert-OH is 1. The van der Waals surface area contributed by atoms with E-state index in [4.69, 9.17) is 0 Å². The summed E-state index contributed by atoms with van der Waals surface area (Å²) in [6.07, 6.45) is 0.889. The summed E-state index contributed by atoms with van der Waals surface area (Å²) >= 11 is 1.65. The Labute approximate surface area is 118 Å². The number of aliphatic hydroxyl groups is 1. The lowest BCUT2D eigenvalue weighted by Crippen LogP contribution is -2.44. The van der Waals surface area contributed by atoms with Gasteiger partial charge in [0.1, 0.15) is 5.01 Å². The van der Waals surface area contributed by atoms with Crippen molar-refractivity contribution in [1.29, 1.82) is 0 Å². The van der Waals surface area contributed by atoms with Crippen molar-refractivity contribution < 1.29 is 5.11 Å². The SMILES string of the molecule is CCC(C)(CO)NCc1nc(-c2ccccc2)cs1. The summed E-state index contributed by atoms with van der Waals surface area (Å²) in [5.74, 6) is 0. The van der Waals surface area contributed by atoms with Crippen LogP contribution >= 0.6 is 11.3 Å². The molecule has 0 spiro atoms. The molecule has 2 aromatic rings. The van der Waals surface area contributed by atoms with E-state index in [-0.39, 0.29) is 12.1 Å². The van der Waals surface area contributed by atoms with Crippen molar-refractivity contribution in [1.82, 2.24) is 10.3 Å². The Hall–Kier alpha value is -1.23. The van der Waals surface area contributed by atoms with Crippen molar-refractivity contribution in [2.45, 2.75) is 32.4 Å². The number of hydrogen-bond acceptors (Lipinski definition) is 4. The minimum Gasteiger partial charge on any atom is -0.394 e. The van der Waals surface area contributed by atoms with E-state index in [1.165, 1.54) is 0 Å². The smallest absolute Gasteiger partial charge is 0.107 e. The second-order valence-electron chi connectivity index (χ2n) is 4.92. The Morgan fingerprint density at radius 3 is 2.68 bits per heavy atom. The zero-order valence-electron chi connectivity index (χ0n) is 11.4. The Kier molecular flexibility index (Phi) is 4.69. The first kappa shape index (κ1) is 14.2. The molecule has 1 atom stereocenters. The molecule has 3 nitrogen and oxygen atoms in total. The maximum Gasteiger partial charge on any atom is 0.107 e. The molecule has 0 bridgehead atoms. The van der Waals surface area contributed by atoms with Crippen molar-refractivity contribution in [3.8, 4) is 11.3 Å². The van der Waals surface area contributed by atoms with Gasteiger partial charge in [0, 0.05) is 23.0 Å². The van der Waals surface area contributed by atoms with Gasteiger partial charge in [0.05, 0.1) is 12.3 Å². The minimum absolute atomic E-state index is 0.139. The molecule has 0 fully saturated rings. The van der Waals surface area contributed by atoms with Crippen LogP contribution in [0.4, 0.5) is 0 Å². The number of nitrogens with zero attached hydrogens (tertiary/aromatic N) is 1. The molecule has 4 heteroatoms. The fourth-order valence-corrected chi connectivity index (χ4v) is 2.46. The van der Waals surface area contributed by atoms with E-state index in [1.807, 2.05) is 25.1 Å².